The molecule has 1 fully saturated rings. The number of benzene rings is 1. The van der Waals surface area contributed by atoms with Gasteiger partial charge in [-0.25, -0.2) is 4.99 Å². The zero-order valence-corrected chi connectivity index (χ0v) is 24.3. The minimum absolute atomic E-state index is 0.0934. The van der Waals surface area contributed by atoms with Crippen LogP contribution in [-0.2, 0) is 19.1 Å². The summed E-state index contributed by atoms with van der Waals surface area (Å²) in [6.45, 7) is 10.8. The van der Waals surface area contributed by atoms with Crippen molar-refractivity contribution in [2.45, 2.75) is 70.2 Å². The average Bonchev–Trinajstić information content (AvgIpc) is 2.91. The fourth-order valence-corrected chi connectivity index (χ4v) is 6.03. The molecule has 4 unspecified atom stereocenters. The van der Waals surface area contributed by atoms with Crippen LogP contribution in [0.15, 0.2) is 64.9 Å². The van der Waals surface area contributed by atoms with Gasteiger partial charge in [-0.1, -0.05) is 30.9 Å². The first-order chi connectivity index (χ1) is 19.6. The van der Waals surface area contributed by atoms with E-state index in [9.17, 15) is 9.59 Å². The summed E-state index contributed by atoms with van der Waals surface area (Å²) in [5, 5.41) is 3.21. The number of carbonyl (C=O) groups is 2. The van der Waals surface area contributed by atoms with Crippen molar-refractivity contribution in [3.05, 3.63) is 71.0 Å². The summed E-state index contributed by atoms with van der Waals surface area (Å²) in [6, 6.07) is 5.19. The van der Waals surface area contributed by atoms with Crippen molar-refractivity contribution in [3.8, 4) is 5.75 Å². The Balaban J connectivity index is 1.54. The van der Waals surface area contributed by atoms with Crippen LogP contribution in [0.4, 0.5) is 0 Å². The molecule has 3 N–H and O–H groups in total. The molecule has 2 amide bonds. The van der Waals surface area contributed by atoms with E-state index >= 15 is 0 Å². The Morgan fingerprint density at radius 2 is 2.07 bits per heavy atom. The maximum absolute atomic E-state index is 13.4. The SMILES string of the molecule is C=C1/C2=C\C=C(/C)C(=O)NC3CC(C)(C)Oc4ccc(cc43)/C=C\CCC3CC(=O)N(C(N)=N3)C1C(COC)CO2. The molecule has 6 rings (SSSR count). The molecule has 1 aromatic rings. The molecule has 5 aliphatic rings. The largest absolute Gasteiger partial charge is 0.493 e. The lowest BCUT2D eigenvalue weighted by atomic mass is 9.88. The van der Waals surface area contributed by atoms with Gasteiger partial charge in [0.05, 0.1) is 31.3 Å². The molecule has 6 bridgehead atoms. The highest BCUT2D eigenvalue weighted by Gasteiger charge is 2.42. The second-order valence-corrected chi connectivity index (χ2v) is 11.9. The van der Waals surface area contributed by atoms with Crippen molar-refractivity contribution in [1.29, 1.82) is 0 Å². The normalized spacial score (nSPS) is 31.4. The molecule has 0 spiro atoms. The lowest BCUT2D eigenvalue weighted by Crippen LogP contribution is -2.57. The second-order valence-electron chi connectivity index (χ2n) is 11.9. The van der Waals surface area contributed by atoms with Gasteiger partial charge in [-0.2, -0.15) is 0 Å². The van der Waals surface area contributed by atoms with Gasteiger partial charge in [0.25, 0.3) is 0 Å². The number of nitrogens with zero attached hydrogens (tertiary/aromatic N) is 2. The van der Waals surface area contributed by atoms with Crippen LogP contribution < -0.4 is 15.8 Å². The highest BCUT2D eigenvalue weighted by atomic mass is 16.5. The van der Waals surface area contributed by atoms with Gasteiger partial charge < -0.3 is 25.3 Å². The lowest BCUT2D eigenvalue weighted by molar-refractivity contribution is -0.131. The van der Waals surface area contributed by atoms with E-state index in [1.54, 1.807) is 31.1 Å². The predicted octanol–water partition coefficient (Wildman–Crippen LogP) is 4.18. The fourth-order valence-electron chi connectivity index (χ4n) is 6.03. The number of rotatable bonds is 2. The molecule has 0 saturated carbocycles. The first-order valence-electron chi connectivity index (χ1n) is 14.2. The summed E-state index contributed by atoms with van der Waals surface area (Å²) in [6.07, 6.45) is 9.94. The minimum Gasteiger partial charge on any atom is -0.493 e. The van der Waals surface area contributed by atoms with Crippen molar-refractivity contribution in [3.63, 3.8) is 0 Å². The van der Waals surface area contributed by atoms with E-state index < -0.39 is 11.6 Å². The van der Waals surface area contributed by atoms with Crippen LogP contribution in [0.5, 0.6) is 5.75 Å². The van der Waals surface area contributed by atoms with E-state index in [1.165, 1.54) is 0 Å². The highest BCUT2D eigenvalue weighted by molar-refractivity contribution is 5.99. The van der Waals surface area contributed by atoms with Gasteiger partial charge in [0.15, 0.2) is 5.96 Å². The maximum atomic E-state index is 13.4. The molecule has 0 radical (unpaired) electrons. The molecule has 218 valence electrons. The standard InChI is InChI=1S/C32H40N4O5/c1-19-10-12-26-20(2)29(22(17-39-5)18-40-26)36-28(37)15-23(34-31(36)33)9-7-6-8-21-11-13-27-24(14-21)25(35-30(19)38)16-32(3,4)41-27/h6,8,10-14,22-23,25,29H,2,7,9,15-18H2,1,3-5H3,(H2,33,34)(H,35,38)/b8-6-,19-10+,26-12+. The summed E-state index contributed by atoms with van der Waals surface area (Å²) < 4.78 is 17.7. The number of amides is 2. The molecule has 9 nitrogen and oxygen atoms in total. The molecule has 0 aliphatic carbocycles. The second kappa shape index (κ2) is 11.6. The van der Waals surface area contributed by atoms with Gasteiger partial charge in [-0.05, 0) is 57.4 Å². The highest BCUT2D eigenvalue weighted by Crippen LogP contribution is 2.40. The topological polar surface area (TPSA) is 115 Å². The van der Waals surface area contributed by atoms with Gasteiger partial charge in [0, 0.05) is 42.6 Å². The van der Waals surface area contributed by atoms with Crippen LogP contribution in [-0.4, -0.2) is 60.7 Å². The number of hydrogen-bond donors (Lipinski definition) is 2. The van der Waals surface area contributed by atoms with Crippen LogP contribution >= 0.6 is 0 Å². The van der Waals surface area contributed by atoms with E-state index in [1.807, 2.05) is 26.0 Å². The van der Waals surface area contributed by atoms with E-state index in [2.05, 4.69) is 30.1 Å². The zero-order valence-electron chi connectivity index (χ0n) is 24.3. The van der Waals surface area contributed by atoms with Gasteiger partial charge in [0.1, 0.15) is 17.1 Å². The first kappa shape index (κ1) is 28.7. The van der Waals surface area contributed by atoms with Crippen molar-refractivity contribution < 1.29 is 23.8 Å². The van der Waals surface area contributed by atoms with Crippen molar-refractivity contribution in [2.24, 2.45) is 16.6 Å². The quantitative estimate of drug-likeness (QED) is 0.561. The number of fused-ring (bicyclic) bond motifs is 6. The predicted molar refractivity (Wildman–Crippen MR) is 158 cm³/mol. The third-order valence-corrected chi connectivity index (χ3v) is 8.09. The van der Waals surface area contributed by atoms with Crippen LogP contribution in [0.1, 0.15) is 63.6 Å². The Hall–Kier alpha value is -3.85. The number of aliphatic imine (C=N–C) groups is 1. The number of nitrogens with two attached hydrogens (primary N) is 1. The number of ether oxygens (including phenoxy) is 3. The summed E-state index contributed by atoms with van der Waals surface area (Å²) in [7, 11) is 1.61. The molecule has 1 saturated heterocycles. The van der Waals surface area contributed by atoms with Gasteiger partial charge in [-0.3, -0.25) is 14.5 Å². The molecule has 41 heavy (non-hydrogen) atoms. The molecule has 4 atom stereocenters. The van der Waals surface area contributed by atoms with Crippen LogP contribution in [0.3, 0.4) is 0 Å². The summed E-state index contributed by atoms with van der Waals surface area (Å²) in [4.78, 5) is 33.0. The van der Waals surface area contributed by atoms with E-state index in [0.29, 0.717) is 43.0 Å². The van der Waals surface area contributed by atoms with Crippen LogP contribution in [0.2, 0.25) is 0 Å². The molecule has 1 aromatic carbocycles. The van der Waals surface area contributed by atoms with E-state index in [4.69, 9.17) is 24.9 Å². The summed E-state index contributed by atoms with van der Waals surface area (Å²) in [5.74, 6) is 1.01. The third kappa shape index (κ3) is 6.10. The van der Waals surface area contributed by atoms with Crippen molar-refractivity contribution in [1.82, 2.24) is 10.2 Å². The monoisotopic (exact) mass is 560 g/mol. The lowest BCUT2D eigenvalue weighted by Gasteiger charge is -2.43. The summed E-state index contributed by atoms with van der Waals surface area (Å²) >= 11 is 0. The third-order valence-electron chi connectivity index (χ3n) is 8.09. The molecule has 0 aromatic heterocycles. The first-order valence-corrected chi connectivity index (χ1v) is 14.2. The van der Waals surface area contributed by atoms with Gasteiger partial charge in [-0.15, -0.1) is 0 Å². The number of hydrogen-bond acceptors (Lipinski definition) is 7. The van der Waals surface area contributed by atoms with E-state index in [0.717, 1.165) is 23.3 Å². The fraction of sp³-hybridized carbons (Fsp3) is 0.469. The number of allylic oxidation sites excluding steroid dienone is 3. The number of nitrogens with one attached hydrogen (secondary N) is 1. The number of guanidine groups is 1. The molecular formula is C32H40N4O5. The zero-order chi connectivity index (χ0) is 29.3. The maximum Gasteiger partial charge on any atom is 0.247 e. The molecule has 5 heterocycles. The Kier molecular flexibility index (Phi) is 8.09. The Morgan fingerprint density at radius 3 is 2.83 bits per heavy atom. The van der Waals surface area contributed by atoms with Gasteiger partial charge >= 0.3 is 0 Å². The number of methoxy groups -OCH3 is 1. The van der Waals surface area contributed by atoms with Crippen molar-refractivity contribution in [2.75, 3.05) is 20.3 Å². The number of carbonyl (C=O) groups excluding carboxylic acids is 2. The molecular weight excluding hydrogens is 520 g/mol. The van der Waals surface area contributed by atoms with Crippen LogP contribution in [0.25, 0.3) is 6.08 Å². The van der Waals surface area contributed by atoms with Crippen LogP contribution in [0, 0.1) is 5.92 Å². The molecule has 9 heteroatoms. The summed E-state index contributed by atoms with van der Waals surface area (Å²) in [5.41, 5.74) is 9.07. The Morgan fingerprint density at radius 1 is 1.27 bits per heavy atom. The molecule has 5 aliphatic heterocycles. The average molecular weight is 561 g/mol. The minimum atomic E-state index is -0.465. The van der Waals surface area contributed by atoms with Crippen molar-refractivity contribution >= 4 is 23.8 Å². The van der Waals surface area contributed by atoms with Gasteiger partial charge in [0.2, 0.25) is 11.8 Å². The van der Waals surface area contributed by atoms with E-state index in [-0.39, 0.29) is 42.2 Å². The smallest absolute Gasteiger partial charge is 0.247 e. The Bertz CT molecular complexity index is 1360. The Labute approximate surface area is 241 Å².